The number of ether oxygens (including phenoxy) is 2. The number of nitrogens with zero attached hydrogens (tertiary/aromatic N) is 1. The summed E-state index contributed by atoms with van der Waals surface area (Å²) in [5.41, 5.74) is 5.91. The Bertz CT molecular complexity index is 1420. The third kappa shape index (κ3) is 5.76. The predicted octanol–water partition coefficient (Wildman–Crippen LogP) is 5.27. The third-order valence-corrected chi connectivity index (χ3v) is 6.02. The molecule has 0 aliphatic rings. The van der Waals surface area contributed by atoms with Crippen LogP contribution in [0.25, 0.3) is 10.8 Å². The van der Waals surface area contributed by atoms with Gasteiger partial charge in [-0.05, 0) is 52.2 Å². The molecule has 0 spiro atoms. The van der Waals surface area contributed by atoms with Crippen LogP contribution in [0, 0.1) is 0 Å². The summed E-state index contributed by atoms with van der Waals surface area (Å²) in [5.74, 6) is 0.897. The number of carbonyl (C=O) groups excluding carboxylic acids is 1. The number of phenols is 1. The van der Waals surface area contributed by atoms with Crippen molar-refractivity contribution in [3.05, 3.63) is 100 Å². The fourth-order valence-electron chi connectivity index (χ4n) is 3.86. The van der Waals surface area contributed by atoms with E-state index in [2.05, 4.69) is 21.9 Å². The average Bonchev–Trinajstić information content (AvgIpc) is 2.90. The van der Waals surface area contributed by atoms with Crippen LogP contribution in [0.5, 0.6) is 17.2 Å². The Morgan fingerprint density at radius 3 is 2.47 bits per heavy atom. The zero-order chi connectivity index (χ0) is 25.5. The van der Waals surface area contributed by atoms with Crippen LogP contribution in [0.1, 0.15) is 27.0 Å². The maximum absolute atomic E-state index is 12.3. The molecule has 4 aromatic rings. The molecule has 0 heterocycles. The summed E-state index contributed by atoms with van der Waals surface area (Å²) in [5, 5.41) is 19.3. The Morgan fingerprint density at radius 1 is 0.944 bits per heavy atom. The minimum Gasteiger partial charge on any atom is -0.506 e. The number of hydrogen-bond donors (Lipinski definition) is 3. The summed E-state index contributed by atoms with van der Waals surface area (Å²) in [6.45, 7) is 1.34. The number of phenolic OH excluding ortho intramolecular Hbond substituents is 1. The van der Waals surface area contributed by atoms with E-state index >= 15 is 0 Å². The van der Waals surface area contributed by atoms with Crippen molar-refractivity contribution in [1.29, 1.82) is 0 Å². The van der Waals surface area contributed by atoms with Crippen molar-refractivity contribution < 1.29 is 19.4 Å². The van der Waals surface area contributed by atoms with Crippen molar-refractivity contribution in [1.82, 2.24) is 10.7 Å². The number of nitrogens with one attached hydrogen (secondary N) is 2. The number of carbonyl (C=O) groups is 1. The van der Waals surface area contributed by atoms with Crippen molar-refractivity contribution in [3.63, 3.8) is 0 Å². The molecule has 0 unspecified atom stereocenters. The zero-order valence-electron chi connectivity index (χ0n) is 19.9. The lowest BCUT2D eigenvalue weighted by molar-refractivity contribution is 0.0955. The Morgan fingerprint density at radius 2 is 1.72 bits per heavy atom. The van der Waals surface area contributed by atoms with Crippen LogP contribution in [-0.4, -0.2) is 31.4 Å². The molecule has 4 aromatic carbocycles. The van der Waals surface area contributed by atoms with Crippen LogP contribution in [0.4, 0.5) is 0 Å². The Balaban J connectivity index is 1.45. The first-order chi connectivity index (χ1) is 17.5. The number of rotatable bonds is 9. The van der Waals surface area contributed by atoms with Gasteiger partial charge in [0.25, 0.3) is 5.91 Å². The minimum atomic E-state index is -0.423. The molecule has 3 N–H and O–H groups in total. The average molecular weight is 504 g/mol. The molecule has 1 amide bonds. The standard InChI is InChI=1S/C28H26ClN3O4/c1-35-26-12-7-18(13-27(26)36-2)15-30-16-20-8-9-21(23-6-4-3-5-22(20)23)17-31-32-28(34)19-10-11-25(33)24(29)14-19/h3-14,17,30,33H,15-16H2,1-2H3,(H,32,34)/b31-17+. The molecule has 0 atom stereocenters. The number of amides is 1. The highest BCUT2D eigenvalue weighted by Crippen LogP contribution is 2.28. The second kappa shape index (κ2) is 11.6. The second-order valence-corrected chi connectivity index (χ2v) is 8.42. The minimum absolute atomic E-state index is 0.0820. The van der Waals surface area contributed by atoms with E-state index in [4.69, 9.17) is 21.1 Å². The summed E-state index contributed by atoms with van der Waals surface area (Å²) < 4.78 is 10.7. The fraction of sp³-hybridized carbons (Fsp3) is 0.143. The molecular formula is C28H26ClN3O4. The van der Waals surface area contributed by atoms with Crippen molar-refractivity contribution in [3.8, 4) is 17.2 Å². The molecule has 0 fully saturated rings. The molecule has 7 nitrogen and oxygen atoms in total. The van der Waals surface area contributed by atoms with Gasteiger partial charge in [0.1, 0.15) is 5.75 Å². The summed E-state index contributed by atoms with van der Waals surface area (Å²) in [7, 11) is 3.25. The number of aromatic hydroxyl groups is 1. The maximum atomic E-state index is 12.3. The fourth-order valence-corrected chi connectivity index (χ4v) is 4.04. The zero-order valence-corrected chi connectivity index (χ0v) is 20.7. The van der Waals surface area contributed by atoms with Crippen LogP contribution in [0.3, 0.4) is 0 Å². The molecular weight excluding hydrogens is 478 g/mol. The lowest BCUT2D eigenvalue weighted by atomic mass is 10.00. The monoisotopic (exact) mass is 503 g/mol. The molecule has 0 aliphatic heterocycles. The topological polar surface area (TPSA) is 92.2 Å². The van der Waals surface area contributed by atoms with Crippen molar-refractivity contribution >= 4 is 34.5 Å². The van der Waals surface area contributed by atoms with E-state index in [9.17, 15) is 9.90 Å². The van der Waals surface area contributed by atoms with Gasteiger partial charge in [0.05, 0.1) is 25.5 Å². The van der Waals surface area contributed by atoms with E-state index in [0.717, 1.165) is 27.5 Å². The van der Waals surface area contributed by atoms with Gasteiger partial charge in [-0.3, -0.25) is 4.79 Å². The van der Waals surface area contributed by atoms with Gasteiger partial charge in [0.15, 0.2) is 11.5 Å². The first-order valence-corrected chi connectivity index (χ1v) is 11.6. The molecule has 184 valence electrons. The largest absolute Gasteiger partial charge is 0.506 e. The Kier molecular flexibility index (Phi) is 8.05. The van der Waals surface area contributed by atoms with Gasteiger partial charge in [0, 0.05) is 24.2 Å². The van der Waals surface area contributed by atoms with Gasteiger partial charge in [-0.1, -0.05) is 54.1 Å². The number of benzene rings is 4. The molecule has 0 aromatic heterocycles. The summed E-state index contributed by atoms with van der Waals surface area (Å²) in [4.78, 5) is 12.3. The normalized spacial score (nSPS) is 11.1. The van der Waals surface area contributed by atoms with Crippen molar-refractivity contribution in [2.24, 2.45) is 5.10 Å². The van der Waals surface area contributed by atoms with E-state index in [1.807, 2.05) is 48.5 Å². The summed E-state index contributed by atoms with van der Waals surface area (Å²) >= 11 is 5.88. The number of hydrazone groups is 1. The number of halogens is 1. The molecule has 8 heteroatoms. The van der Waals surface area contributed by atoms with E-state index < -0.39 is 5.91 Å². The van der Waals surface area contributed by atoms with E-state index in [-0.39, 0.29) is 10.8 Å². The maximum Gasteiger partial charge on any atom is 0.271 e. The van der Waals surface area contributed by atoms with Gasteiger partial charge in [0.2, 0.25) is 0 Å². The van der Waals surface area contributed by atoms with Gasteiger partial charge >= 0.3 is 0 Å². The van der Waals surface area contributed by atoms with Gasteiger partial charge in [-0.2, -0.15) is 5.10 Å². The first kappa shape index (κ1) is 25.0. The van der Waals surface area contributed by atoms with Gasteiger partial charge in [-0.25, -0.2) is 5.43 Å². The lowest BCUT2D eigenvalue weighted by Gasteiger charge is -2.12. The highest BCUT2D eigenvalue weighted by atomic mass is 35.5. The van der Waals surface area contributed by atoms with Crippen LogP contribution in [-0.2, 0) is 13.1 Å². The summed E-state index contributed by atoms with van der Waals surface area (Å²) in [6, 6.07) is 22.2. The number of hydrogen-bond acceptors (Lipinski definition) is 6. The SMILES string of the molecule is COc1ccc(CNCc2ccc(/C=N/NC(=O)c3ccc(O)c(Cl)c3)c3ccccc23)cc1OC. The second-order valence-electron chi connectivity index (χ2n) is 8.02. The van der Waals surface area contributed by atoms with Crippen LogP contribution < -0.4 is 20.2 Å². The molecule has 0 bridgehead atoms. The van der Waals surface area contributed by atoms with E-state index in [1.54, 1.807) is 20.4 Å². The third-order valence-electron chi connectivity index (χ3n) is 5.72. The van der Waals surface area contributed by atoms with Crippen molar-refractivity contribution in [2.45, 2.75) is 13.1 Å². The van der Waals surface area contributed by atoms with Gasteiger partial charge in [-0.15, -0.1) is 0 Å². The number of fused-ring (bicyclic) bond motifs is 1. The smallest absolute Gasteiger partial charge is 0.271 e. The lowest BCUT2D eigenvalue weighted by Crippen LogP contribution is -2.17. The highest BCUT2D eigenvalue weighted by Gasteiger charge is 2.09. The molecule has 0 saturated heterocycles. The van der Waals surface area contributed by atoms with E-state index in [1.165, 1.54) is 18.2 Å². The quantitative estimate of drug-likeness (QED) is 0.214. The molecule has 0 saturated carbocycles. The van der Waals surface area contributed by atoms with Crippen LogP contribution >= 0.6 is 11.6 Å². The Labute approximate surface area is 214 Å². The van der Waals surface area contributed by atoms with Crippen LogP contribution in [0.15, 0.2) is 77.9 Å². The highest BCUT2D eigenvalue weighted by molar-refractivity contribution is 6.32. The predicted molar refractivity (Wildman–Crippen MR) is 142 cm³/mol. The van der Waals surface area contributed by atoms with Crippen molar-refractivity contribution in [2.75, 3.05) is 14.2 Å². The first-order valence-electron chi connectivity index (χ1n) is 11.2. The summed E-state index contributed by atoms with van der Waals surface area (Å²) in [6.07, 6.45) is 1.61. The van der Waals surface area contributed by atoms with E-state index in [0.29, 0.717) is 30.2 Å². The Hall–Kier alpha value is -4.07. The molecule has 36 heavy (non-hydrogen) atoms. The molecule has 0 aliphatic carbocycles. The van der Waals surface area contributed by atoms with Crippen LogP contribution in [0.2, 0.25) is 5.02 Å². The van der Waals surface area contributed by atoms with Gasteiger partial charge < -0.3 is 19.9 Å². The molecule has 0 radical (unpaired) electrons. The molecule has 4 rings (SSSR count). The number of methoxy groups -OCH3 is 2.